The van der Waals surface area contributed by atoms with Gasteiger partial charge in [-0.05, 0) is 25.0 Å². The molecule has 0 radical (unpaired) electrons. The number of imide groups is 1. The Morgan fingerprint density at radius 3 is 2.22 bits per heavy atom. The van der Waals surface area contributed by atoms with Crippen LogP contribution in [0.4, 0.5) is 4.79 Å². The van der Waals surface area contributed by atoms with Gasteiger partial charge in [-0.15, -0.1) is 0 Å². The topological polar surface area (TPSA) is 98.8 Å². The minimum Gasteiger partial charge on any atom is -0.338 e. The van der Waals surface area contributed by atoms with Gasteiger partial charge in [0.25, 0.3) is 0 Å². The van der Waals surface area contributed by atoms with Crippen LogP contribution in [-0.4, -0.2) is 68.8 Å². The highest BCUT2D eigenvalue weighted by Crippen LogP contribution is 2.18. The van der Waals surface area contributed by atoms with Crippen molar-refractivity contribution in [1.29, 1.82) is 0 Å². The van der Waals surface area contributed by atoms with E-state index in [9.17, 15) is 18.0 Å². The Hall–Kier alpha value is -1.97. The van der Waals surface area contributed by atoms with Crippen LogP contribution in [0, 0.1) is 12.8 Å². The van der Waals surface area contributed by atoms with Gasteiger partial charge >= 0.3 is 6.03 Å². The van der Waals surface area contributed by atoms with E-state index in [-0.39, 0.29) is 11.4 Å². The van der Waals surface area contributed by atoms with Crippen LogP contribution in [0.5, 0.6) is 0 Å². The van der Waals surface area contributed by atoms with Crippen molar-refractivity contribution in [3.8, 4) is 0 Å². The fourth-order valence-electron chi connectivity index (χ4n) is 2.70. The number of carbonyl (C=O) groups excluding carboxylic acids is 2. The molecule has 2 rings (SSSR count). The van der Waals surface area contributed by atoms with Gasteiger partial charge in [0.2, 0.25) is 15.9 Å². The first-order valence-electron chi connectivity index (χ1n) is 9.05. The third kappa shape index (κ3) is 6.30. The third-order valence-corrected chi connectivity index (χ3v) is 6.19. The number of piperazine rings is 1. The highest BCUT2D eigenvalue weighted by molar-refractivity contribution is 7.89. The Kier molecular flexibility index (Phi) is 7.34. The molecular weight excluding hydrogens is 368 g/mol. The number of nitrogens with zero attached hydrogens (tertiary/aromatic N) is 2. The SMILES string of the molecule is Cc1ccc(S(=O)(=O)N2CCN(CC(=O)NC(=O)NCC(C)C)CC2)cc1. The zero-order valence-electron chi connectivity index (χ0n) is 16.1. The summed E-state index contributed by atoms with van der Waals surface area (Å²) in [6.07, 6.45) is 0. The fourth-order valence-corrected chi connectivity index (χ4v) is 4.12. The smallest absolute Gasteiger partial charge is 0.321 e. The standard InChI is InChI=1S/C18H28N4O4S/c1-14(2)12-19-18(24)20-17(23)13-21-8-10-22(11-9-21)27(25,26)16-6-4-15(3)5-7-16/h4-7,14H,8-13H2,1-3H3,(H2,19,20,23,24). The molecule has 1 heterocycles. The van der Waals surface area contributed by atoms with Gasteiger partial charge in [0, 0.05) is 32.7 Å². The Balaban J connectivity index is 1.82. The lowest BCUT2D eigenvalue weighted by molar-refractivity contribution is -0.121. The number of aryl methyl sites for hydroxylation is 1. The summed E-state index contributed by atoms with van der Waals surface area (Å²) in [4.78, 5) is 25.7. The molecule has 0 saturated carbocycles. The Morgan fingerprint density at radius 2 is 1.67 bits per heavy atom. The number of urea groups is 1. The molecule has 1 aliphatic heterocycles. The summed E-state index contributed by atoms with van der Waals surface area (Å²) in [6.45, 7) is 7.88. The summed E-state index contributed by atoms with van der Waals surface area (Å²) in [5.41, 5.74) is 1.00. The van der Waals surface area contributed by atoms with E-state index in [0.29, 0.717) is 38.6 Å². The van der Waals surface area contributed by atoms with Gasteiger partial charge in [0.05, 0.1) is 11.4 Å². The number of benzene rings is 1. The maximum atomic E-state index is 12.7. The lowest BCUT2D eigenvalue weighted by Gasteiger charge is -2.33. The molecule has 1 aromatic carbocycles. The zero-order chi connectivity index (χ0) is 20.0. The van der Waals surface area contributed by atoms with E-state index < -0.39 is 22.0 Å². The van der Waals surface area contributed by atoms with Crippen LogP contribution in [-0.2, 0) is 14.8 Å². The number of amides is 3. The number of carbonyl (C=O) groups is 2. The van der Waals surface area contributed by atoms with Gasteiger partial charge in [0.1, 0.15) is 0 Å². The van der Waals surface area contributed by atoms with Crippen molar-refractivity contribution < 1.29 is 18.0 Å². The van der Waals surface area contributed by atoms with Gasteiger partial charge in [-0.3, -0.25) is 15.0 Å². The second-order valence-corrected chi connectivity index (χ2v) is 9.08. The van der Waals surface area contributed by atoms with Crippen LogP contribution in [0.25, 0.3) is 0 Å². The van der Waals surface area contributed by atoms with E-state index in [1.165, 1.54) is 4.31 Å². The minimum absolute atomic E-state index is 0.0630. The van der Waals surface area contributed by atoms with Crippen LogP contribution in [0.3, 0.4) is 0 Å². The molecule has 2 N–H and O–H groups in total. The first-order chi connectivity index (χ1) is 12.7. The molecule has 0 atom stereocenters. The molecular formula is C18H28N4O4S. The Labute approximate surface area is 161 Å². The lowest BCUT2D eigenvalue weighted by atomic mass is 10.2. The van der Waals surface area contributed by atoms with Crippen LogP contribution < -0.4 is 10.6 Å². The Morgan fingerprint density at radius 1 is 1.07 bits per heavy atom. The van der Waals surface area contributed by atoms with E-state index in [0.717, 1.165) is 5.56 Å². The van der Waals surface area contributed by atoms with Crippen molar-refractivity contribution in [2.24, 2.45) is 5.92 Å². The summed E-state index contributed by atoms with van der Waals surface area (Å²) >= 11 is 0. The average molecular weight is 397 g/mol. The molecule has 0 unspecified atom stereocenters. The second kappa shape index (κ2) is 9.29. The van der Waals surface area contributed by atoms with E-state index >= 15 is 0 Å². The van der Waals surface area contributed by atoms with Crippen LogP contribution in [0.1, 0.15) is 19.4 Å². The van der Waals surface area contributed by atoms with Gasteiger partial charge < -0.3 is 5.32 Å². The molecule has 0 aromatic heterocycles. The molecule has 1 saturated heterocycles. The van der Waals surface area contributed by atoms with Crippen LogP contribution >= 0.6 is 0 Å². The molecule has 0 spiro atoms. The van der Waals surface area contributed by atoms with Gasteiger partial charge in [0.15, 0.2) is 0 Å². The van der Waals surface area contributed by atoms with E-state index in [2.05, 4.69) is 10.6 Å². The molecule has 3 amide bonds. The molecule has 8 nitrogen and oxygen atoms in total. The summed E-state index contributed by atoms with van der Waals surface area (Å²) in [5, 5.41) is 4.92. The average Bonchev–Trinajstić information content (AvgIpc) is 2.60. The van der Waals surface area contributed by atoms with Crippen molar-refractivity contribution in [1.82, 2.24) is 19.8 Å². The number of hydrogen-bond donors (Lipinski definition) is 2. The highest BCUT2D eigenvalue weighted by atomic mass is 32.2. The molecule has 0 aliphatic carbocycles. The van der Waals surface area contributed by atoms with Crippen LogP contribution in [0.2, 0.25) is 0 Å². The van der Waals surface area contributed by atoms with Gasteiger partial charge in [-0.2, -0.15) is 4.31 Å². The predicted octanol–water partition coefficient (Wildman–Crippen LogP) is 0.783. The van der Waals surface area contributed by atoms with E-state index in [1.54, 1.807) is 24.3 Å². The highest BCUT2D eigenvalue weighted by Gasteiger charge is 2.29. The monoisotopic (exact) mass is 396 g/mol. The molecule has 27 heavy (non-hydrogen) atoms. The van der Waals surface area contributed by atoms with Crippen molar-refractivity contribution in [2.75, 3.05) is 39.3 Å². The first kappa shape index (κ1) is 21.3. The largest absolute Gasteiger partial charge is 0.338 e. The molecule has 1 aromatic rings. The van der Waals surface area contributed by atoms with Gasteiger partial charge in [-0.25, -0.2) is 13.2 Å². The third-order valence-electron chi connectivity index (χ3n) is 4.28. The predicted molar refractivity (Wildman–Crippen MR) is 103 cm³/mol. The van der Waals surface area contributed by atoms with Crippen molar-refractivity contribution in [3.63, 3.8) is 0 Å². The maximum absolute atomic E-state index is 12.7. The van der Waals surface area contributed by atoms with Crippen molar-refractivity contribution in [2.45, 2.75) is 25.7 Å². The Bertz CT molecular complexity index is 754. The summed E-state index contributed by atoms with van der Waals surface area (Å²) in [7, 11) is -3.52. The zero-order valence-corrected chi connectivity index (χ0v) is 16.9. The summed E-state index contributed by atoms with van der Waals surface area (Å²) in [6, 6.07) is 6.27. The number of nitrogens with one attached hydrogen (secondary N) is 2. The quantitative estimate of drug-likeness (QED) is 0.741. The summed E-state index contributed by atoms with van der Waals surface area (Å²) < 4.78 is 26.8. The van der Waals surface area contributed by atoms with Crippen molar-refractivity contribution >= 4 is 22.0 Å². The second-order valence-electron chi connectivity index (χ2n) is 7.15. The fraction of sp³-hybridized carbons (Fsp3) is 0.556. The van der Waals surface area contributed by atoms with Crippen molar-refractivity contribution in [3.05, 3.63) is 29.8 Å². The number of rotatable bonds is 6. The van der Waals surface area contributed by atoms with E-state index in [4.69, 9.17) is 0 Å². The molecule has 0 bridgehead atoms. The molecule has 9 heteroatoms. The van der Waals surface area contributed by atoms with Gasteiger partial charge in [-0.1, -0.05) is 31.5 Å². The minimum atomic E-state index is -3.52. The lowest BCUT2D eigenvalue weighted by Crippen LogP contribution is -2.52. The van der Waals surface area contributed by atoms with E-state index in [1.807, 2.05) is 25.7 Å². The molecule has 1 aliphatic rings. The first-order valence-corrected chi connectivity index (χ1v) is 10.5. The molecule has 150 valence electrons. The normalized spacial score (nSPS) is 16.3. The maximum Gasteiger partial charge on any atom is 0.321 e. The number of sulfonamides is 1. The molecule has 1 fully saturated rings. The summed E-state index contributed by atoms with van der Waals surface area (Å²) in [5.74, 6) is -0.0968. The van der Waals surface area contributed by atoms with Crippen LogP contribution in [0.15, 0.2) is 29.2 Å². The number of hydrogen-bond acceptors (Lipinski definition) is 5.